The Bertz CT molecular complexity index is 467. The SMILES string of the molecule is Nc1n[nH]c(-c2cccc(F)c2)c1I. The molecule has 14 heavy (non-hydrogen) atoms. The zero-order chi connectivity index (χ0) is 10.1. The molecule has 0 atom stereocenters. The molecule has 0 saturated carbocycles. The average Bonchev–Trinajstić information content (AvgIpc) is 2.48. The quantitative estimate of drug-likeness (QED) is 0.795. The number of anilines is 1. The Balaban J connectivity index is 2.55. The first-order valence-corrected chi connectivity index (χ1v) is 5.01. The van der Waals surface area contributed by atoms with E-state index in [4.69, 9.17) is 5.73 Å². The number of nitrogens with zero attached hydrogens (tertiary/aromatic N) is 1. The van der Waals surface area contributed by atoms with Gasteiger partial charge in [-0.05, 0) is 34.7 Å². The van der Waals surface area contributed by atoms with Crippen molar-refractivity contribution in [1.82, 2.24) is 10.2 Å². The largest absolute Gasteiger partial charge is 0.381 e. The third-order valence-corrected chi connectivity index (χ3v) is 2.94. The highest BCUT2D eigenvalue weighted by Gasteiger charge is 2.09. The highest BCUT2D eigenvalue weighted by atomic mass is 127. The normalized spacial score (nSPS) is 10.4. The molecule has 1 heterocycles. The fourth-order valence-corrected chi connectivity index (χ4v) is 1.73. The number of hydrogen-bond acceptors (Lipinski definition) is 2. The van der Waals surface area contributed by atoms with E-state index < -0.39 is 0 Å². The number of halogens is 2. The van der Waals surface area contributed by atoms with Gasteiger partial charge in [0.1, 0.15) is 5.82 Å². The van der Waals surface area contributed by atoms with Gasteiger partial charge in [0, 0.05) is 5.56 Å². The van der Waals surface area contributed by atoms with Crippen LogP contribution >= 0.6 is 22.6 Å². The molecule has 0 aliphatic carbocycles. The zero-order valence-electron chi connectivity index (χ0n) is 7.09. The second kappa shape index (κ2) is 3.56. The standard InChI is InChI=1S/C9H7FIN3/c10-6-3-1-2-5(4-6)8-7(11)9(12)14-13-8/h1-4H,(H3,12,13,14). The summed E-state index contributed by atoms with van der Waals surface area (Å²) in [5.41, 5.74) is 7.07. The Morgan fingerprint density at radius 3 is 2.79 bits per heavy atom. The van der Waals surface area contributed by atoms with Crippen LogP contribution in [0, 0.1) is 9.39 Å². The number of H-pyrrole nitrogens is 1. The lowest BCUT2D eigenvalue weighted by molar-refractivity contribution is 0.628. The minimum Gasteiger partial charge on any atom is -0.381 e. The molecular weight excluding hydrogens is 296 g/mol. The van der Waals surface area contributed by atoms with Crippen molar-refractivity contribution >= 4 is 28.4 Å². The maximum absolute atomic E-state index is 12.9. The summed E-state index contributed by atoms with van der Waals surface area (Å²) in [6, 6.07) is 6.29. The van der Waals surface area contributed by atoms with Crippen molar-refractivity contribution in [2.45, 2.75) is 0 Å². The Morgan fingerprint density at radius 1 is 1.43 bits per heavy atom. The Hall–Kier alpha value is -1.11. The molecule has 72 valence electrons. The number of hydrogen-bond donors (Lipinski definition) is 2. The van der Waals surface area contributed by atoms with E-state index in [2.05, 4.69) is 32.8 Å². The maximum Gasteiger partial charge on any atom is 0.159 e. The van der Waals surface area contributed by atoms with E-state index in [1.54, 1.807) is 12.1 Å². The van der Waals surface area contributed by atoms with Crippen molar-refractivity contribution in [3.8, 4) is 11.3 Å². The molecule has 0 aliphatic heterocycles. The van der Waals surface area contributed by atoms with Gasteiger partial charge in [0.2, 0.25) is 0 Å². The van der Waals surface area contributed by atoms with Crippen LogP contribution in [0.5, 0.6) is 0 Å². The smallest absolute Gasteiger partial charge is 0.159 e. The van der Waals surface area contributed by atoms with Gasteiger partial charge in [-0.3, -0.25) is 5.10 Å². The third-order valence-electron chi connectivity index (χ3n) is 1.85. The summed E-state index contributed by atoms with van der Waals surface area (Å²) in [4.78, 5) is 0. The summed E-state index contributed by atoms with van der Waals surface area (Å²) in [5.74, 6) is 0.163. The van der Waals surface area contributed by atoms with Crippen molar-refractivity contribution in [3.63, 3.8) is 0 Å². The molecule has 1 aromatic carbocycles. The lowest BCUT2D eigenvalue weighted by atomic mass is 10.1. The van der Waals surface area contributed by atoms with Gasteiger partial charge in [-0.15, -0.1) is 0 Å². The molecule has 0 spiro atoms. The van der Waals surface area contributed by atoms with Crippen molar-refractivity contribution in [2.24, 2.45) is 0 Å². The van der Waals surface area contributed by atoms with Gasteiger partial charge in [-0.25, -0.2) is 4.39 Å². The molecule has 0 bridgehead atoms. The summed E-state index contributed by atoms with van der Waals surface area (Å²) in [6.45, 7) is 0. The summed E-state index contributed by atoms with van der Waals surface area (Å²) in [7, 11) is 0. The maximum atomic E-state index is 12.9. The van der Waals surface area contributed by atoms with Gasteiger partial charge in [0.05, 0.1) is 9.26 Å². The fourth-order valence-electron chi connectivity index (χ4n) is 1.18. The lowest BCUT2D eigenvalue weighted by Gasteiger charge is -1.98. The van der Waals surface area contributed by atoms with Crippen molar-refractivity contribution in [3.05, 3.63) is 33.7 Å². The van der Waals surface area contributed by atoms with Crippen LogP contribution in [-0.4, -0.2) is 10.2 Å². The first-order valence-electron chi connectivity index (χ1n) is 3.94. The molecule has 0 radical (unpaired) electrons. The van der Waals surface area contributed by atoms with Crippen LogP contribution in [0.15, 0.2) is 24.3 Å². The second-order valence-corrected chi connectivity index (χ2v) is 3.89. The molecule has 0 aliphatic rings. The zero-order valence-corrected chi connectivity index (χ0v) is 9.25. The molecule has 1 aromatic heterocycles. The summed E-state index contributed by atoms with van der Waals surface area (Å²) in [6.07, 6.45) is 0. The van der Waals surface area contributed by atoms with E-state index in [0.717, 1.165) is 14.8 Å². The van der Waals surface area contributed by atoms with Crippen LogP contribution in [-0.2, 0) is 0 Å². The Labute approximate surface area is 93.7 Å². The van der Waals surface area contributed by atoms with Gasteiger partial charge in [-0.1, -0.05) is 12.1 Å². The minimum absolute atomic E-state index is 0.272. The molecule has 5 heteroatoms. The van der Waals surface area contributed by atoms with E-state index in [-0.39, 0.29) is 5.82 Å². The minimum atomic E-state index is -0.272. The Kier molecular flexibility index (Phi) is 2.40. The van der Waals surface area contributed by atoms with Crippen molar-refractivity contribution < 1.29 is 4.39 Å². The van der Waals surface area contributed by atoms with Crippen LogP contribution in [0.3, 0.4) is 0 Å². The second-order valence-electron chi connectivity index (χ2n) is 2.81. The molecule has 0 amide bonds. The highest BCUT2D eigenvalue weighted by Crippen LogP contribution is 2.26. The molecule has 0 unspecified atom stereocenters. The van der Waals surface area contributed by atoms with E-state index in [0.29, 0.717) is 5.82 Å². The van der Waals surface area contributed by atoms with E-state index in [1.807, 2.05) is 0 Å². The lowest BCUT2D eigenvalue weighted by Crippen LogP contribution is -1.86. The predicted molar refractivity (Wildman–Crippen MR) is 61.1 cm³/mol. The molecule has 0 saturated heterocycles. The number of aromatic amines is 1. The van der Waals surface area contributed by atoms with Crippen LogP contribution in [0.4, 0.5) is 10.2 Å². The number of aromatic nitrogens is 2. The van der Waals surface area contributed by atoms with Crippen molar-refractivity contribution in [1.29, 1.82) is 0 Å². The van der Waals surface area contributed by atoms with Crippen LogP contribution < -0.4 is 5.73 Å². The van der Waals surface area contributed by atoms with Gasteiger partial charge >= 0.3 is 0 Å². The van der Waals surface area contributed by atoms with E-state index in [9.17, 15) is 4.39 Å². The van der Waals surface area contributed by atoms with E-state index in [1.165, 1.54) is 12.1 Å². The molecule has 3 N–H and O–H groups in total. The molecule has 3 nitrogen and oxygen atoms in total. The van der Waals surface area contributed by atoms with Gasteiger partial charge in [0.25, 0.3) is 0 Å². The highest BCUT2D eigenvalue weighted by molar-refractivity contribution is 14.1. The van der Waals surface area contributed by atoms with Crippen LogP contribution in [0.1, 0.15) is 0 Å². The number of nitrogens with one attached hydrogen (secondary N) is 1. The van der Waals surface area contributed by atoms with Gasteiger partial charge in [-0.2, -0.15) is 5.10 Å². The molecule has 2 rings (SSSR count). The molecule has 0 fully saturated rings. The van der Waals surface area contributed by atoms with E-state index >= 15 is 0 Å². The predicted octanol–water partition coefficient (Wildman–Crippen LogP) is 2.40. The van der Waals surface area contributed by atoms with Crippen LogP contribution in [0.2, 0.25) is 0 Å². The summed E-state index contributed by atoms with van der Waals surface area (Å²) in [5, 5.41) is 6.61. The van der Waals surface area contributed by atoms with Gasteiger partial charge < -0.3 is 5.73 Å². The summed E-state index contributed by atoms with van der Waals surface area (Å²) < 4.78 is 13.7. The molecule has 2 aromatic rings. The first-order chi connectivity index (χ1) is 6.68. The Morgan fingerprint density at radius 2 is 2.21 bits per heavy atom. The summed E-state index contributed by atoms with van der Waals surface area (Å²) >= 11 is 2.07. The number of benzene rings is 1. The first kappa shape index (κ1) is 9.45. The monoisotopic (exact) mass is 303 g/mol. The number of rotatable bonds is 1. The fraction of sp³-hybridized carbons (Fsp3) is 0. The topological polar surface area (TPSA) is 54.7 Å². The van der Waals surface area contributed by atoms with Gasteiger partial charge in [0.15, 0.2) is 5.82 Å². The number of nitrogen functional groups attached to an aromatic ring is 1. The van der Waals surface area contributed by atoms with Crippen molar-refractivity contribution in [2.75, 3.05) is 5.73 Å². The molecular formula is C9H7FIN3. The van der Waals surface area contributed by atoms with Crippen LogP contribution in [0.25, 0.3) is 11.3 Å². The third kappa shape index (κ3) is 1.59. The number of nitrogens with two attached hydrogens (primary N) is 1. The average molecular weight is 303 g/mol.